The monoisotopic (exact) mass is 375 g/mol. The van der Waals surface area contributed by atoms with Crippen molar-refractivity contribution in [1.82, 2.24) is 13.7 Å². The fraction of sp³-hybridized carbons (Fsp3) is 0.500. The van der Waals surface area contributed by atoms with E-state index in [2.05, 4.69) is 9.72 Å². The van der Waals surface area contributed by atoms with Gasteiger partial charge in [-0.1, -0.05) is 11.6 Å². The van der Waals surface area contributed by atoms with Crippen molar-refractivity contribution in [3.8, 4) is 0 Å². The number of hydrogen-bond donors (Lipinski definition) is 0. The molecule has 1 aliphatic heterocycles. The lowest BCUT2D eigenvalue weighted by atomic mass is 10.3. The average molecular weight is 376 g/mol. The zero-order chi connectivity index (χ0) is 16.1. The molecular formula is C10H9ClF3N3O3S2. The van der Waals surface area contributed by atoms with Crippen LogP contribution in [0.4, 0.5) is 13.2 Å². The van der Waals surface area contributed by atoms with Gasteiger partial charge in [-0.2, -0.15) is 17.5 Å². The van der Waals surface area contributed by atoms with Gasteiger partial charge in [-0.05, 0) is 0 Å². The van der Waals surface area contributed by atoms with Crippen LogP contribution in [0, 0.1) is 0 Å². The van der Waals surface area contributed by atoms with Crippen molar-refractivity contribution in [1.29, 1.82) is 0 Å². The fourth-order valence-corrected chi connectivity index (χ4v) is 4.96. The van der Waals surface area contributed by atoms with E-state index in [1.54, 1.807) is 5.38 Å². The molecule has 1 aliphatic rings. The van der Waals surface area contributed by atoms with Crippen LogP contribution in [0.2, 0.25) is 5.15 Å². The molecule has 122 valence electrons. The van der Waals surface area contributed by atoms with Crippen molar-refractivity contribution in [2.75, 3.05) is 19.7 Å². The third kappa shape index (κ3) is 2.60. The summed E-state index contributed by atoms with van der Waals surface area (Å²) >= 11 is 7.02. The average Bonchev–Trinajstić information content (AvgIpc) is 2.97. The summed E-state index contributed by atoms with van der Waals surface area (Å²) in [6.07, 6.45) is -5.33. The molecule has 0 amide bonds. The van der Waals surface area contributed by atoms with Crippen LogP contribution in [0.5, 0.6) is 0 Å². The van der Waals surface area contributed by atoms with Gasteiger partial charge in [0.1, 0.15) is 0 Å². The minimum atomic E-state index is -4.63. The van der Waals surface area contributed by atoms with Crippen LogP contribution >= 0.6 is 22.9 Å². The minimum absolute atomic E-state index is 0.178. The van der Waals surface area contributed by atoms with Crippen LogP contribution in [0.25, 0.3) is 4.96 Å². The van der Waals surface area contributed by atoms with Crippen LogP contribution in [0.3, 0.4) is 0 Å². The first-order valence-electron chi connectivity index (χ1n) is 6.01. The number of hydrogen-bond acceptors (Lipinski definition) is 5. The second kappa shape index (κ2) is 5.34. The number of fused-ring (bicyclic) bond motifs is 1. The molecule has 0 N–H and O–H groups in total. The third-order valence-corrected chi connectivity index (χ3v) is 6.18. The number of nitrogens with zero attached hydrogens (tertiary/aromatic N) is 3. The number of sulfonamides is 1. The van der Waals surface area contributed by atoms with E-state index in [4.69, 9.17) is 11.6 Å². The lowest BCUT2D eigenvalue weighted by Crippen LogP contribution is -2.51. The molecule has 6 nitrogen and oxygen atoms in total. The highest BCUT2D eigenvalue weighted by Crippen LogP contribution is 2.31. The van der Waals surface area contributed by atoms with E-state index >= 15 is 0 Å². The van der Waals surface area contributed by atoms with Gasteiger partial charge in [0.25, 0.3) is 10.0 Å². The van der Waals surface area contributed by atoms with E-state index in [9.17, 15) is 21.6 Å². The van der Waals surface area contributed by atoms with Crippen LogP contribution in [0.15, 0.2) is 16.6 Å². The van der Waals surface area contributed by atoms with Crippen LogP contribution in [-0.2, 0) is 14.8 Å². The van der Waals surface area contributed by atoms with E-state index in [1.165, 1.54) is 21.9 Å². The number of rotatable bonds is 2. The van der Waals surface area contributed by atoms with Gasteiger partial charge in [-0.15, -0.1) is 11.3 Å². The Labute approximate surface area is 132 Å². The molecule has 22 heavy (non-hydrogen) atoms. The third-order valence-electron chi connectivity index (χ3n) is 3.16. The molecule has 1 atom stereocenters. The molecule has 1 unspecified atom stereocenters. The second-order valence-corrected chi connectivity index (χ2v) is 7.61. The maximum absolute atomic E-state index is 12.7. The highest BCUT2D eigenvalue weighted by Gasteiger charge is 2.46. The predicted octanol–water partition coefficient (Wildman–Crippen LogP) is 2.00. The molecule has 12 heteroatoms. The van der Waals surface area contributed by atoms with Crippen molar-refractivity contribution in [2.24, 2.45) is 0 Å². The standard InChI is InChI=1S/C10H9ClF3N3O3S2/c11-7-8(17-2-4-21-9(17)15-7)22(18,19)16-1-3-20-6(5-16)10(12,13)14/h2,4,6H,1,3,5H2. The van der Waals surface area contributed by atoms with E-state index < -0.39 is 28.8 Å². The van der Waals surface area contributed by atoms with Crippen molar-refractivity contribution < 1.29 is 26.3 Å². The summed E-state index contributed by atoms with van der Waals surface area (Å²) in [5, 5.41) is 1.02. The summed E-state index contributed by atoms with van der Waals surface area (Å²) in [6.45, 7) is -1.32. The predicted molar refractivity (Wildman–Crippen MR) is 72.6 cm³/mol. The molecule has 1 fully saturated rings. The highest BCUT2D eigenvalue weighted by atomic mass is 35.5. The number of halogens is 4. The Morgan fingerprint density at radius 2 is 2.18 bits per heavy atom. The first-order chi connectivity index (χ1) is 10.2. The van der Waals surface area contributed by atoms with Crippen LogP contribution in [-0.4, -0.2) is 54.1 Å². The molecule has 0 spiro atoms. The summed E-state index contributed by atoms with van der Waals surface area (Å²) in [5.41, 5.74) is 0. The Hall–Kier alpha value is -0.880. The summed E-state index contributed by atoms with van der Waals surface area (Å²) < 4.78 is 70.0. The minimum Gasteiger partial charge on any atom is -0.366 e. The van der Waals surface area contributed by atoms with E-state index in [0.29, 0.717) is 4.96 Å². The Morgan fingerprint density at radius 1 is 1.45 bits per heavy atom. The van der Waals surface area contributed by atoms with Gasteiger partial charge in [-0.3, -0.25) is 4.40 Å². The summed E-state index contributed by atoms with van der Waals surface area (Å²) in [5.74, 6) is 0. The first kappa shape index (κ1) is 16.0. The molecule has 2 aromatic heterocycles. The van der Waals surface area contributed by atoms with Gasteiger partial charge in [0.05, 0.1) is 6.61 Å². The van der Waals surface area contributed by atoms with Gasteiger partial charge in [0.2, 0.25) is 0 Å². The second-order valence-electron chi connectivity index (χ2n) is 4.53. The highest BCUT2D eigenvalue weighted by molar-refractivity contribution is 7.89. The molecule has 1 saturated heterocycles. The fourth-order valence-electron chi connectivity index (χ4n) is 2.13. The molecule has 0 radical (unpaired) electrons. The Kier molecular flexibility index (Phi) is 3.88. The summed E-state index contributed by atoms with van der Waals surface area (Å²) in [6, 6.07) is 0. The maximum Gasteiger partial charge on any atom is 0.415 e. The quantitative estimate of drug-likeness (QED) is 0.805. The number of aromatic nitrogens is 2. The molecule has 2 aromatic rings. The maximum atomic E-state index is 12.7. The van der Waals surface area contributed by atoms with Gasteiger partial charge in [0, 0.05) is 24.7 Å². The molecule has 0 aliphatic carbocycles. The van der Waals surface area contributed by atoms with Crippen molar-refractivity contribution in [3.63, 3.8) is 0 Å². The smallest absolute Gasteiger partial charge is 0.366 e. The number of thiazole rings is 1. The number of alkyl halides is 3. The molecule has 0 aromatic carbocycles. The first-order valence-corrected chi connectivity index (χ1v) is 8.70. The molecule has 0 bridgehead atoms. The van der Waals surface area contributed by atoms with Gasteiger partial charge in [-0.25, -0.2) is 13.4 Å². The molecule has 0 saturated carbocycles. The van der Waals surface area contributed by atoms with E-state index in [0.717, 1.165) is 4.31 Å². The van der Waals surface area contributed by atoms with Crippen molar-refractivity contribution >= 4 is 37.9 Å². The van der Waals surface area contributed by atoms with Gasteiger partial charge >= 0.3 is 6.18 Å². The zero-order valence-corrected chi connectivity index (χ0v) is 13.1. The zero-order valence-electron chi connectivity index (χ0n) is 10.7. The Bertz CT molecular complexity index is 801. The van der Waals surface area contributed by atoms with Gasteiger partial charge < -0.3 is 4.74 Å². The number of imidazole rings is 1. The number of ether oxygens (including phenoxy) is 1. The molecule has 3 rings (SSSR count). The summed E-state index contributed by atoms with van der Waals surface area (Å²) in [7, 11) is -4.21. The van der Waals surface area contributed by atoms with Crippen molar-refractivity contribution in [3.05, 3.63) is 16.7 Å². The van der Waals surface area contributed by atoms with Crippen molar-refractivity contribution in [2.45, 2.75) is 17.3 Å². The van der Waals surface area contributed by atoms with E-state index in [-0.39, 0.29) is 23.3 Å². The van der Waals surface area contributed by atoms with Crippen LogP contribution in [0.1, 0.15) is 0 Å². The van der Waals surface area contributed by atoms with Crippen LogP contribution < -0.4 is 0 Å². The molecule has 3 heterocycles. The largest absolute Gasteiger partial charge is 0.415 e. The van der Waals surface area contributed by atoms with E-state index in [1.807, 2.05) is 0 Å². The molecular weight excluding hydrogens is 367 g/mol. The Balaban J connectivity index is 1.99. The normalized spacial score (nSPS) is 21.5. The lowest BCUT2D eigenvalue weighted by molar-refractivity contribution is -0.231. The van der Waals surface area contributed by atoms with Gasteiger partial charge in [0.15, 0.2) is 21.2 Å². The summed E-state index contributed by atoms with van der Waals surface area (Å²) in [4.78, 5) is 4.24. The SMILES string of the molecule is O=S(=O)(c1c(Cl)nc2sccn12)N1CCOC(C(F)(F)F)C1. The topological polar surface area (TPSA) is 63.9 Å². The lowest BCUT2D eigenvalue weighted by Gasteiger charge is -2.32. The Morgan fingerprint density at radius 3 is 2.86 bits per heavy atom. The number of morpholine rings is 1.